The van der Waals surface area contributed by atoms with Crippen LogP contribution in [0, 0.1) is 5.92 Å². The van der Waals surface area contributed by atoms with Gasteiger partial charge in [-0.25, -0.2) is 9.59 Å². The van der Waals surface area contributed by atoms with Crippen molar-refractivity contribution in [2.24, 2.45) is 5.92 Å². The Morgan fingerprint density at radius 1 is 1.30 bits per heavy atom. The van der Waals surface area contributed by atoms with E-state index in [0.29, 0.717) is 12.5 Å². The number of carbonyl (C=O) groups excluding carboxylic acids is 2. The van der Waals surface area contributed by atoms with Crippen LogP contribution in [0.2, 0.25) is 0 Å². The highest BCUT2D eigenvalue weighted by Gasteiger charge is 2.33. The van der Waals surface area contributed by atoms with Crippen LogP contribution >= 0.6 is 0 Å². The molecule has 0 saturated carbocycles. The van der Waals surface area contributed by atoms with Gasteiger partial charge >= 0.3 is 12.0 Å². The van der Waals surface area contributed by atoms with Crippen molar-refractivity contribution in [1.82, 2.24) is 15.5 Å². The second kappa shape index (κ2) is 7.72. The molecule has 7 nitrogen and oxygen atoms in total. The van der Waals surface area contributed by atoms with Crippen LogP contribution in [0.3, 0.4) is 0 Å². The van der Waals surface area contributed by atoms with Crippen LogP contribution < -0.4 is 10.6 Å². The Morgan fingerprint density at radius 2 is 1.85 bits per heavy atom. The van der Waals surface area contributed by atoms with Crippen molar-refractivity contribution in [2.45, 2.75) is 39.7 Å². The fourth-order valence-corrected chi connectivity index (χ4v) is 1.29. The lowest BCUT2D eigenvalue weighted by Gasteiger charge is -2.27. The van der Waals surface area contributed by atoms with Gasteiger partial charge in [-0.1, -0.05) is 20.8 Å². The predicted octanol–water partition coefficient (Wildman–Crippen LogP) is 0.653. The molecule has 0 bridgehead atoms. The van der Waals surface area contributed by atoms with Gasteiger partial charge in [-0.05, 0) is 19.3 Å². The molecule has 0 radical (unpaired) electrons. The fraction of sp³-hybridized carbons (Fsp3) is 0.769. The zero-order valence-electron chi connectivity index (χ0n) is 12.8. The summed E-state index contributed by atoms with van der Waals surface area (Å²) in [7, 11) is 1.45. The molecule has 20 heavy (non-hydrogen) atoms. The van der Waals surface area contributed by atoms with Gasteiger partial charge in [0.2, 0.25) is 5.91 Å². The Hall–Kier alpha value is -1.79. The van der Waals surface area contributed by atoms with Crippen molar-refractivity contribution in [3.05, 3.63) is 0 Å². The highest BCUT2D eigenvalue weighted by Crippen LogP contribution is 2.09. The molecule has 1 unspecified atom stereocenters. The summed E-state index contributed by atoms with van der Waals surface area (Å²) in [6, 6.07) is -0.587. The molecule has 0 rings (SSSR count). The van der Waals surface area contributed by atoms with Gasteiger partial charge in [0.15, 0.2) is 0 Å². The molecule has 0 spiro atoms. The van der Waals surface area contributed by atoms with Crippen LogP contribution in [0.1, 0.15) is 34.1 Å². The van der Waals surface area contributed by atoms with E-state index in [2.05, 4.69) is 10.6 Å². The summed E-state index contributed by atoms with van der Waals surface area (Å²) in [5.41, 5.74) is -1.33. The molecule has 0 aliphatic carbocycles. The third kappa shape index (κ3) is 5.90. The smallest absolute Gasteiger partial charge is 0.329 e. The monoisotopic (exact) mass is 287 g/mol. The number of likely N-dealkylation sites (N-methyl/N-ethyl adjacent to an activating group) is 1. The maximum absolute atomic E-state index is 11.9. The SMILES string of the molecule is CCC(C)(NC(=O)N(C)CC(=O)NCC(C)C)C(=O)O. The van der Waals surface area contributed by atoms with Crippen molar-refractivity contribution in [3.63, 3.8) is 0 Å². The average molecular weight is 287 g/mol. The Labute approximate surface area is 119 Å². The number of nitrogens with one attached hydrogen (secondary N) is 2. The molecule has 1 atom stereocenters. The van der Waals surface area contributed by atoms with Gasteiger partial charge < -0.3 is 20.6 Å². The summed E-state index contributed by atoms with van der Waals surface area (Å²) in [5, 5.41) is 14.2. The molecule has 0 aliphatic heterocycles. The minimum absolute atomic E-state index is 0.113. The van der Waals surface area contributed by atoms with Crippen molar-refractivity contribution in [3.8, 4) is 0 Å². The number of hydrogen-bond acceptors (Lipinski definition) is 3. The Balaban J connectivity index is 4.41. The molecule has 0 aliphatic rings. The summed E-state index contributed by atoms with van der Waals surface area (Å²) < 4.78 is 0. The zero-order valence-corrected chi connectivity index (χ0v) is 12.8. The fourth-order valence-electron chi connectivity index (χ4n) is 1.29. The highest BCUT2D eigenvalue weighted by atomic mass is 16.4. The lowest BCUT2D eigenvalue weighted by molar-refractivity contribution is -0.143. The molecular weight excluding hydrogens is 262 g/mol. The third-order valence-corrected chi connectivity index (χ3v) is 3.00. The molecular formula is C13H25N3O4. The number of carboxylic acids is 1. The third-order valence-electron chi connectivity index (χ3n) is 3.00. The van der Waals surface area contributed by atoms with Crippen molar-refractivity contribution < 1.29 is 19.5 Å². The van der Waals surface area contributed by atoms with Gasteiger partial charge in [-0.2, -0.15) is 0 Å². The molecule has 3 N–H and O–H groups in total. The standard InChI is InChI=1S/C13H25N3O4/c1-6-13(4,11(18)19)15-12(20)16(5)8-10(17)14-7-9(2)3/h9H,6-8H2,1-5H3,(H,14,17)(H,15,20)(H,18,19). The van der Waals surface area contributed by atoms with E-state index >= 15 is 0 Å². The van der Waals surface area contributed by atoms with E-state index in [4.69, 9.17) is 5.11 Å². The van der Waals surface area contributed by atoms with Crippen LogP contribution in [-0.2, 0) is 9.59 Å². The van der Waals surface area contributed by atoms with Crippen LogP contribution in [0.5, 0.6) is 0 Å². The first-order chi connectivity index (χ1) is 9.12. The summed E-state index contributed by atoms with van der Waals surface area (Å²) in [5.74, 6) is -1.05. The molecule has 0 aromatic carbocycles. The number of aliphatic carboxylic acids is 1. The van der Waals surface area contributed by atoms with Crippen molar-refractivity contribution in [2.75, 3.05) is 20.1 Å². The van der Waals surface area contributed by atoms with Gasteiger partial charge in [-0.3, -0.25) is 4.79 Å². The molecule has 0 aromatic rings. The Kier molecular flexibility index (Phi) is 7.02. The second-order valence-electron chi connectivity index (χ2n) is 5.47. The Morgan fingerprint density at radius 3 is 2.25 bits per heavy atom. The molecule has 0 heterocycles. The summed E-state index contributed by atoms with van der Waals surface area (Å²) >= 11 is 0. The maximum atomic E-state index is 11.9. The lowest BCUT2D eigenvalue weighted by Crippen LogP contribution is -2.56. The molecule has 3 amide bonds. The predicted molar refractivity (Wildman–Crippen MR) is 75.3 cm³/mol. The lowest BCUT2D eigenvalue weighted by atomic mass is 10.00. The molecule has 0 saturated heterocycles. The van der Waals surface area contributed by atoms with Gasteiger partial charge in [0, 0.05) is 13.6 Å². The van der Waals surface area contributed by atoms with E-state index < -0.39 is 17.5 Å². The van der Waals surface area contributed by atoms with Gasteiger partial charge in [-0.15, -0.1) is 0 Å². The number of rotatable bonds is 7. The molecule has 0 fully saturated rings. The zero-order chi connectivity index (χ0) is 15.9. The first-order valence-electron chi connectivity index (χ1n) is 6.65. The normalized spacial score (nSPS) is 13.5. The number of amides is 3. The quantitative estimate of drug-likeness (QED) is 0.640. The molecule has 7 heteroatoms. The first kappa shape index (κ1) is 18.2. The van der Waals surface area contributed by atoms with Gasteiger partial charge in [0.05, 0.1) is 0 Å². The van der Waals surface area contributed by atoms with Gasteiger partial charge in [0.1, 0.15) is 12.1 Å². The van der Waals surface area contributed by atoms with E-state index in [1.165, 1.54) is 14.0 Å². The number of nitrogens with zero attached hydrogens (tertiary/aromatic N) is 1. The second-order valence-corrected chi connectivity index (χ2v) is 5.47. The maximum Gasteiger partial charge on any atom is 0.329 e. The van der Waals surface area contributed by atoms with Crippen LogP contribution in [0.15, 0.2) is 0 Å². The first-order valence-corrected chi connectivity index (χ1v) is 6.65. The van der Waals surface area contributed by atoms with E-state index in [9.17, 15) is 14.4 Å². The highest BCUT2D eigenvalue weighted by molar-refractivity contribution is 5.88. The minimum Gasteiger partial charge on any atom is -0.480 e. The Bertz CT molecular complexity index is 371. The molecule has 116 valence electrons. The van der Waals surface area contributed by atoms with E-state index in [-0.39, 0.29) is 18.9 Å². The van der Waals surface area contributed by atoms with Crippen molar-refractivity contribution in [1.29, 1.82) is 0 Å². The number of carboxylic acid groups (broad SMARTS) is 1. The molecule has 0 aromatic heterocycles. The van der Waals surface area contributed by atoms with E-state index in [0.717, 1.165) is 4.90 Å². The van der Waals surface area contributed by atoms with Crippen LogP contribution in [0.4, 0.5) is 4.79 Å². The van der Waals surface area contributed by atoms with E-state index in [1.807, 2.05) is 13.8 Å². The topological polar surface area (TPSA) is 98.7 Å². The van der Waals surface area contributed by atoms with Crippen molar-refractivity contribution >= 4 is 17.9 Å². The van der Waals surface area contributed by atoms with E-state index in [1.54, 1.807) is 6.92 Å². The minimum atomic E-state index is -1.33. The van der Waals surface area contributed by atoms with Crippen LogP contribution in [-0.4, -0.2) is 53.6 Å². The number of urea groups is 1. The largest absolute Gasteiger partial charge is 0.480 e. The number of carbonyl (C=O) groups is 3. The summed E-state index contributed by atoms with van der Waals surface area (Å²) in [6.45, 7) is 7.46. The average Bonchev–Trinajstić information content (AvgIpc) is 2.35. The summed E-state index contributed by atoms with van der Waals surface area (Å²) in [4.78, 5) is 35.7. The van der Waals surface area contributed by atoms with Crippen LogP contribution in [0.25, 0.3) is 0 Å². The van der Waals surface area contributed by atoms with Gasteiger partial charge in [0.25, 0.3) is 0 Å². The number of hydrogen-bond donors (Lipinski definition) is 3. The summed E-state index contributed by atoms with van der Waals surface area (Å²) in [6.07, 6.45) is 0.251.